The third kappa shape index (κ3) is 3.19. The molecule has 0 aromatic rings. The van der Waals surface area contributed by atoms with Crippen LogP contribution in [-0.2, 0) is 0 Å². The molecule has 0 aromatic carbocycles. The van der Waals surface area contributed by atoms with E-state index in [9.17, 15) is 5.11 Å². The molecule has 0 spiro atoms. The Morgan fingerprint density at radius 3 is 2.10 bits per heavy atom. The molecular weight excluding hydrogens is 246 g/mol. The molecule has 2 heteroatoms. The second-order valence-electron chi connectivity index (χ2n) is 6.73. The van der Waals surface area contributed by atoms with E-state index < -0.39 is 0 Å². The zero-order valence-corrected chi connectivity index (χ0v) is 12.9. The summed E-state index contributed by atoms with van der Waals surface area (Å²) in [4.78, 5) is 4.19. The topological polar surface area (TPSA) is 32.6 Å². The Morgan fingerprint density at radius 2 is 1.40 bits per heavy atom. The van der Waals surface area contributed by atoms with Crippen molar-refractivity contribution in [2.45, 2.75) is 34.6 Å². The van der Waals surface area contributed by atoms with Crippen LogP contribution in [0.3, 0.4) is 0 Å². The first-order valence-corrected chi connectivity index (χ1v) is 6.98. The third-order valence-electron chi connectivity index (χ3n) is 3.60. The number of hydrogen-bond acceptors (Lipinski definition) is 2. The van der Waals surface area contributed by atoms with Gasteiger partial charge in [0.05, 0.1) is 0 Å². The molecule has 2 aliphatic rings. The molecule has 0 amide bonds. The van der Waals surface area contributed by atoms with Gasteiger partial charge < -0.3 is 5.11 Å². The molecule has 1 N–H and O–H groups in total. The van der Waals surface area contributed by atoms with Crippen molar-refractivity contribution in [3.63, 3.8) is 0 Å². The lowest BCUT2D eigenvalue weighted by molar-refractivity contribution is 0.403. The number of allylic oxidation sites excluding steroid dienone is 9. The van der Waals surface area contributed by atoms with Gasteiger partial charge >= 0.3 is 0 Å². The minimum absolute atomic E-state index is 0.0240. The van der Waals surface area contributed by atoms with Crippen molar-refractivity contribution < 1.29 is 5.11 Å². The van der Waals surface area contributed by atoms with E-state index in [2.05, 4.69) is 70.0 Å². The minimum atomic E-state index is -0.145. The Morgan fingerprint density at radius 1 is 0.850 bits per heavy atom. The molecular formula is C18H23NO. The molecule has 0 saturated heterocycles. The number of aliphatic hydroxyl groups is 1. The maximum atomic E-state index is 10.2. The first kappa shape index (κ1) is 14.6. The zero-order chi connectivity index (χ0) is 15.0. The van der Waals surface area contributed by atoms with Crippen LogP contribution in [0.15, 0.2) is 64.1 Å². The van der Waals surface area contributed by atoms with E-state index in [0.717, 1.165) is 16.7 Å². The summed E-state index contributed by atoms with van der Waals surface area (Å²) in [5.41, 5.74) is 2.82. The van der Waals surface area contributed by atoms with Gasteiger partial charge in [-0.05, 0) is 18.1 Å². The molecule has 0 fully saturated rings. The van der Waals surface area contributed by atoms with E-state index in [1.165, 1.54) is 0 Å². The largest absolute Gasteiger partial charge is 0.493 e. The fourth-order valence-corrected chi connectivity index (χ4v) is 2.14. The summed E-state index contributed by atoms with van der Waals surface area (Å²) >= 11 is 0. The Labute approximate surface area is 121 Å². The molecule has 1 aliphatic carbocycles. The van der Waals surface area contributed by atoms with E-state index >= 15 is 0 Å². The van der Waals surface area contributed by atoms with Gasteiger partial charge in [-0.3, -0.25) is 0 Å². The van der Waals surface area contributed by atoms with Crippen LogP contribution in [0.2, 0.25) is 0 Å². The summed E-state index contributed by atoms with van der Waals surface area (Å²) in [5, 5.41) is 10.2. The number of rotatable bonds is 1. The average Bonchev–Trinajstić information content (AvgIpc) is 2.56. The molecule has 0 atom stereocenters. The highest BCUT2D eigenvalue weighted by Gasteiger charge is 2.19. The number of aliphatic hydroxyl groups excluding tert-OH is 1. The fraction of sp³-hybridized carbons (Fsp3) is 0.389. The van der Waals surface area contributed by atoms with Crippen LogP contribution in [-0.4, -0.2) is 11.3 Å². The van der Waals surface area contributed by atoms with E-state index in [-0.39, 0.29) is 16.7 Å². The lowest BCUT2D eigenvalue weighted by Crippen LogP contribution is -2.07. The summed E-state index contributed by atoms with van der Waals surface area (Å²) in [6, 6.07) is 0. The number of hydrogen-bond donors (Lipinski definition) is 1. The molecule has 2 nitrogen and oxygen atoms in total. The van der Waals surface area contributed by atoms with E-state index in [4.69, 9.17) is 0 Å². The minimum Gasteiger partial charge on any atom is -0.493 e. The van der Waals surface area contributed by atoms with Crippen molar-refractivity contribution in [3.8, 4) is 0 Å². The van der Waals surface area contributed by atoms with Crippen molar-refractivity contribution in [1.82, 2.24) is 0 Å². The maximum absolute atomic E-state index is 10.2. The van der Waals surface area contributed by atoms with Crippen molar-refractivity contribution in [1.29, 1.82) is 0 Å². The lowest BCUT2D eigenvalue weighted by Gasteiger charge is -2.12. The highest BCUT2D eigenvalue weighted by molar-refractivity contribution is 5.71. The normalized spacial score (nSPS) is 24.1. The molecule has 1 aliphatic heterocycles. The molecule has 2 rings (SSSR count). The molecule has 106 valence electrons. The molecule has 0 bridgehead atoms. The summed E-state index contributed by atoms with van der Waals surface area (Å²) in [5.74, 6) is 0.0823. The molecule has 1 heterocycles. The van der Waals surface area contributed by atoms with Gasteiger partial charge in [0.15, 0.2) is 0 Å². The second kappa shape index (κ2) is 4.93. The fourth-order valence-electron chi connectivity index (χ4n) is 2.14. The van der Waals surface area contributed by atoms with Crippen LogP contribution in [0.4, 0.5) is 0 Å². The Balaban J connectivity index is 2.51. The zero-order valence-electron chi connectivity index (χ0n) is 12.9. The van der Waals surface area contributed by atoms with Crippen molar-refractivity contribution >= 4 is 6.21 Å². The molecule has 0 aromatic heterocycles. The van der Waals surface area contributed by atoms with Crippen LogP contribution in [0.5, 0.6) is 0 Å². The summed E-state index contributed by atoms with van der Waals surface area (Å²) in [6.07, 6.45) is 14.4. The number of aliphatic imine (C=N–C) groups is 1. The van der Waals surface area contributed by atoms with Gasteiger partial charge in [-0.15, -0.1) is 0 Å². The monoisotopic (exact) mass is 269 g/mol. The quantitative estimate of drug-likeness (QED) is 0.722. The van der Waals surface area contributed by atoms with Crippen LogP contribution in [0.25, 0.3) is 0 Å². The van der Waals surface area contributed by atoms with E-state index in [1.54, 1.807) is 6.21 Å². The third-order valence-corrected chi connectivity index (χ3v) is 3.60. The summed E-state index contributed by atoms with van der Waals surface area (Å²) in [7, 11) is 0. The molecule has 0 saturated carbocycles. The van der Waals surface area contributed by atoms with Gasteiger partial charge in [-0.25, -0.2) is 4.99 Å². The van der Waals surface area contributed by atoms with E-state index in [0.29, 0.717) is 0 Å². The van der Waals surface area contributed by atoms with Crippen molar-refractivity contribution in [2.75, 3.05) is 0 Å². The van der Waals surface area contributed by atoms with Crippen LogP contribution in [0, 0.1) is 10.8 Å². The first-order chi connectivity index (χ1) is 9.20. The second-order valence-corrected chi connectivity index (χ2v) is 6.73. The highest BCUT2D eigenvalue weighted by atomic mass is 16.3. The van der Waals surface area contributed by atoms with Crippen LogP contribution < -0.4 is 0 Å². The molecule has 0 radical (unpaired) electrons. The summed E-state index contributed by atoms with van der Waals surface area (Å²) < 4.78 is 0. The number of nitrogens with zero attached hydrogens (tertiary/aromatic N) is 1. The van der Waals surface area contributed by atoms with Gasteiger partial charge in [0.2, 0.25) is 5.88 Å². The van der Waals surface area contributed by atoms with Gasteiger partial charge in [0.25, 0.3) is 0 Å². The molecule has 20 heavy (non-hydrogen) atoms. The smallest absolute Gasteiger partial charge is 0.218 e. The van der Waals surface area contributed by atoms with Gasteiger partial charge in [-0.1, -0.05) is 64.2 Å². The lowest BCUT2D eigenvalue weighted by atomic mass is 9.92. The highest BCUT2D eigenvalue weighted by Crippen LogP contribution is 2.32. The Kier molecular flexibility index (Phi) is 3.59. The van der Waals surface area contributed by atoms with E-state index in [1.807, 2.05) is 6.08 Å². The van der Waals surface area contributed by atoms with Gasteiger partial charge in [0.1, 0.15) is 0 Å². The van der Waals surface area contributed by atoms with Gasteiger partial charge in [-0.2, -0.15) is 0 Å². The predicted molar refractivity (Wildman–Crippen MR) is 85.8 cm³/mol. The van der Waals surface area contributed by atoms with Crippen LogP contribution >= 0.6 is 0 Å². The van der Waals surface area contributed by atoms with Crippen molar-refractivity contribution in [2.24, 2.45) is 15.8 Å². The van der Waals surface area contributed by atoms with Gasteiger partial charge in [0, 0.05) is 22.6 Å². The standard InChI is InChI=1S/C18H23NO/c1-13-6-9-17(2,3)10-7-14(13)15-8-11-18(4,5)12-19-16(15)20/h6-12,20H,1-5H3. The first-order valence-electron chi connectivity index (χ1n) is 6.98. The average molecular weight is 269 g/mol. The Bertz CT molecular complexity index is 539. The van der Waals surface area contributed by atoms with Crippen LogP contribution in [0.1, 0.15) is 34.6 Å². The van der Waals surface area contributed by atoms with Crippen molar-refractivity contribution in [3.05, 3.63) is 59.1 Å². The molecule has 0 unspecified atom stereocenters. The predicted octanol–water partition coefficient (Wildman–Crippen LogP) is 4.89. The summed E-state index contributed by atoms with van der Waals surface area (Å²) in [6.45, 7) is 10.5. The maximum Gasteiger partial charge on any atom is 0.218 e. The SMILES string of the molecule is CC1=C(C2=C(O)N=CC(C)(C)C=C2)C=CC(C)(C)C=C1. The Hall–Kier alpha value is -1.83.